The van der Waals surface area contributed by atoms with E-state index < -0.39 is 250 Å². The van der Waals surface area contributed by atoms with Gasteiger partial charge in [-0.1, -0.05) is 62.2 Å². The van der Waals surface area contributed by atoms with Gasteiger partial charge in [0.15, 0.2) is 41.5 Å². The Hall–Kier alpha value is -10.3. The molecule has 13 rings (SSSR count). The fraction of sp³-hybridized carbons (Fsp3) is 0.430. The number of phenolic OH excluding ortho intramolecular Hbond substituents is 3. The molecule has 0 spiro atoms. The molecular formula is C79H91Cl2N9O25. The second-order valence-corrected chi connectivity index (χ2v) is 30.4. The van der Waals surface area contributed by atoms with Gasteiger partial charge in [0.25, 0.3) is 0 Å². The van der Waals surface area contributed by atoms with Crippen LogP contribution < -0.4 is 67.6 Å². The highest BCUT2D eigenvalue weighted by molar-refractivity contribution is 6.32. The van der Waals surface area contributed by atoms with E-state index in [0.29, 0.717) is 25.3 Å². The van der Waals surface area contributed by atoms with E-state index in [-0.39, 0.29) is 57.7 Å². The van der Waals surface area contributed by atoms with Crippen LogP contribution in [0, 0.1) is 17.8 Å². The molecule has 6 aromatic rings. The molecule has 0 radical (unpaired) electrons. The van der Waals surface area contributed by atoms with Crippen molar-refractivity contribution in [3.8, 4) is 62.9 Å². The zero-order chi connectivity index (χ0) is 83.3. The maximum absolute atomic E-state index is 16.5. The van der Waals surface area contributed by atoms with Crippen LogP contribution in [0.4, 0.5) is 10.5 Å². The molecule has 7 amide bonds. The smallest absolute Gasteiger partial charge is 0.330 e. The van der Waals surface area contributed by atoms with Crippen molar-refractivity contribution in [2.45, 2.75) is 170 Å². The number of ketones is 2. The number of nitrogens with two attached hydrogens (primary N) is 2. The van der Waals surface area contributed by atoms with E-state index in [9.17, 15) is 65.1 Å². The Morgan fingerprint density at radius 3 is 1.99 bits per heavy atom. The summed E-state index contributed by atoms with van der Waals surface area (Å²) in [6, 6.07) is 10.3. The zero-order valence-corrected chi connectivity index (χ0v) is 64.6. The second kappa shape index (κ2) is 36.2. The quantitative estimate of drug-likeness (QED) is 0.0506. The number of benzene rings is 6. The number of phenols is 3. The standard InChI is InChI=1S/C79H91Cl2N9O25/c1-7-35(20-33(2)3)72(102)89-63-51(94)24-40(27-58(96)86-78(108)85-41-11-13-43(14-12-41)109-19-18-84-6)73(103)87-61-39-25-55(111-53-16-9-37(65(63)97)22-47(53)80)69(115-77-70(68(100)67(99)57(32-82)113-77)114-59-31-79(5,83)71(101)34(4)110-59)56(26-39)112-54-17-10-38(23-48(54)81)66(98)64-75(105)88-62(76(106)107)46-28-42(91)29-50(93)60(46)45-21-36(8-15-49(45)92)44(30-52(61)95)74(104)90-64/h8-17,21-23,25-26,28-29,33-35,40,44,57,59,61-68,70-71,77,84,91-93,97-101H,7,18-20,24,27,30-32,82-83H2,1-6H3,(H,87,103)(H,88,105)(H,89,102)(H,90,104)(H,106,107)(H2,85,86,96,108)/t34-,35+,40-,44+,57+,59-,61+,62-,63-,64-,65+,66+,67+,68-,70+,71+,77-,79-/m0/s1. The number of amides is 7. The van der Waals surface area contributed by atoms with E-state index in [0.717, 1.165) is 54.6 Å². The molecule has 2 fully saturated rings. The number of anilines is 1. The monoisotopic (exact) mass is 1640 g/mol. The molecule has 7 aliphatic rings. The molecule has 2 saturated heterocycles. The first-order chi connectivity index (χ1) is 54.5. The minimum Gasteiger partial charge on any atom is -0.508 e. The third-order valence-corrected chi connectivity index (χ3v) is 21.2. The van der Waals surface area contributed by atoms with Gasteiger partial charge in [0, 0.05) is 78.7 Å². The van der Waals surface area contributed by atoms with E-state index in [1.807, 2.05) is 13.8 Å². The highest BCUT2D eigenvalue weighted by Gasteiger charge is 2.52. The van der Waals surface area contributed by atoms with Gasteiger partial charge in [-0.15, -0.1) is 0 Å². The van der Waals surface area contributed by atoms with Gasteiger partial charge in [-0.2, -0.15) is 0 Å². The number of aliphatic hydroxyl groups is 5. The third-order valence-electron chi connectivity index (χ3n) is 20.6. The maximum Gasteiger partial charge on any atom is 0.330 e. The Balaban J connectivity index is 1.14. The molecule has 6 aromatic carbocycles. The lowest BCUT2D eigenvalue weighted by atomic mass is 9.84. The van der Waals surface area contributed by atoms with E-state index in [1.54, 1.807) is 26.1 Å². The molecule has 7 aliphatic heterocycles. The van der Waals surface area contributed by atoms with Crippen LogP contribution in [0.2, 0.25) is 10.0 Å². The number of halogens is 2. The number of aromatic hydroxyl groups is 3. The predicted molar refractivity (Wildman–Crippen MR) is 409 cm³/mol. The number of carboxylic acids is 1. The summed E-state index contributed by atoms with van der Waals surface area (Å²) in [5.41, 5.74) is 8.95. The van der Waals surface area contributed by atoms with Crippen molar-refractivity contribution < 1.29 is 122 Å². The SMILES string of the molecule is CC[C@H](CC(C)C)C(=O)N[C@H]1C(=O)C[C@@H](CC(=O)NC(=O)Nc2ccc(OCCNC)cc2)C(=O)N[C@H]2C(=O)C[C@H]3C(=O)N[C@H](C(=O)N[C@H](C(=O)O)c4cc(O)cc(O)c4-c4cc3ccc4O)[C@H](O)c3ccc(c(Cl)c3)Oc3cc2cc(c3O[C@@H]2O[C@H](CN)[C@@H](O)[C@H](O)[C@H]2O[C@H]2C[C@](C)(N)[C@H](O)[C@H](C)O2)Oc2ccc(cc2Cl)[C@H]1O. The molecule has 11 bridgehead atoms. The van der Waals surface area contributed by atoms with E-state index >= 15 is 24.0 Å². The van der Waals surface area contributed by atoms with Crippen molar-refractivity contribution in [3.63, 3.8) is 0 Å². The van der Waals surface area contributed by atoms with Crippen molar-refractivity contribution in [3.05, 3.63) is 141 Å². The number of hydrogen-bond donors (Lipinski definition) is 18. The Morgan fingerprint density at radius 1 is 0.730 bits per heavy atom. The van der Waals surface area contributed by atoms with E-state index in [4.69, 9.17) is 67.8 Å². The van der Waals surface area contributed by atoms with Crippen LogP contribution in [0.3, 0.4) is 0 Å². The summed E-state index contributed by atoms with van der Waals surface area (Å²) in [4.78, 5) is 135. The minimum absolute atomic E-state index is 0.0585. The number of aliphatic carboxylic acids is 1. The number of Topliss-reactive ketones (excluding diaryl/α,β-unsaturated/α-hetero) is 2. The molecular weight excluding hydrogens is 1550 g/mol. The lowest BCUT2D eigenvalue weighted by Crippen LogP contribution is -2.65. The highest BCUT2D eigenvalue weighted by atomic mass is 35.5. The Morgan fingerprint density at radius 2 is 1.38 bits per heavy atom. The highest BCUT2D eigenvalue weighted by Crippen LogP contribution is 2.51. The Labute approximate surface area is 668 Å². The van der Waals surface area contributed by atoms with Crippen LogP contribution in [0.5, 0.6) is 51.7 Å². The van der Waals surface area contributed by atoms with Gasteiger partial charge in [0.1, 0.15) is 89.7 Å². The number of ether oxygens (including phenoxy) is 7. The minimum atomic E-state index is -2.28. The van der Waals surface area contributed by atoms with Crippen LogP contribution in [-0.4, -0.2) is 193 Å². The van der Waals surface area contributed by atoms with Crippen molar-refractivity contribution >= 4 is 82.0 Å². The van der Waals surface area contributed by atoms with Crippen molar-refractivity contribution in [1.29, 1.82) is 0 Å². The molecule has 36 heteroatoms. The zero-order valence-electron chi connectivity index (χ0n) is 63.0. The van der Waals surface area contributed by atoms with Crippen molar-refractivity contribution in [2.75, 3.05) is 32.1 Å². The Kier molecular flexibility index (Phi) is 27.0. The fourth-order valence-corrected chi connectivity index (χ4v) is 15.0. The number of nitrogens with one attached hydrogen (secondary N) is 7. The van der Waals surface area contributed by atoms with Gasteiger partial charge in [-0.3, -0.25) is 38.9 Å². The van der Waals surface area contributed by atoms with Crippen LogP contribution in [0.15, 0.2) is 103 Å². The molecule has 0 saturated carbocycles. The lowest BCUT2D eigenvalue weighted by Gasteiger charge is -2.47. The van der Waals surface area contributed by atoms with E-state index in [1.165, 1.54) is 50.2 Å². The molecule has 616 valence electrons. The van der Waals surface area contributed by atoms with Gasteiger partial charge in [0.05, 0.1) is 34.1 Å². The molecule has 115 heavy (non-hydrogen) atoms. The summed E-state index contributed by atoms with van der Waals surface area (Å²) < 4.78 is 44.8. The van der Waals surface area contributed by atoms with Gasteiger partial charge < -0.3 is 122 Å². The molecule has 0 aliphatic carbocycles. The van der Waals surface area contributed by atoms with Crippen LogP contribution >= 0.6 is 23.2 Å². The summed E-state index contributed by atoms with van der Waals surface area (Å²) in [6.45, 7) is 8.83. The lowest BCUT2D eigenvalue weighted by molar-refractivity contribution is -0.330. The number of rotatable bonds is 18. The van der Waals surface area contributed by atoms with E-state index in [2.05, 4.69) is 37.2 Å². The van der Waals surface area contributed by atoms with Crippen LogP contribution in [-0.2, 0) is 52.6 Å². The van der Waals surface area contributed by atoms with Crippen molar-refractivity contribution in [1.82, 2.24) is 31.9 Å². The average molecular weight is 1640 g/mol. The number of carboxylic acid groups (broad SMARTS) is 1. The molecule has 0 unspecified atom stereocenters. The fourth-order valence-electron chi connectivity index (χ4n) is 14.5. The molecule has 7 heterocycles. The number of aliphatic hydroxyl groups excluding tert-OH is 5. The predicted octanol–water partition coefficient (Wildman–Crippen LogP) is 4.95. The molecule has 18 atom stereocenters. The van der Waals surface area contributed by atoms with Crippen LogP contribution in [0.25, 0.3) is 11.1 Å². The summed E-state index contributed by atoms with van der Waals surface area (Å²) >= 11 is 14.3. The number of imide groups is 1. The summed E-state index contributed by atoms with van der Waals surface area (Å²) in [6.07, 6.45) is -19.9. The summed E-state index contributed by atoms with van der Waals surface area (Å²) in [5, 5.41) is 122. The number of hydrogen-bond acceptors (Lipinski definition) is 27. The number of carbonyl (C=O) groups excluding carboxylic acids is 8. The number of urea groups is 1. The summed E-state index contributed by atoms with van der Waals surface area (Å²) in [7, 11) is 1.74. The normalized spacial score (nSPS) is 27.3. The number of fused-ring (bicyclic) bond motifs is 15. The maximum atomic E-state index is 16.5. The first-order valence-corrected chi connectivity index (χ1v) is 37.8. The van der Waals surface area contributed by atoms with Gasteiger partial charge in [-0.25, -0.2) is 9.59 Å². The molecule has 34 nitrogen and oxygen atoms in total. The molecule has 0 aromatic heterocycles. The Bertz CT molecular complexity index is 4690. The van der Waals surface area contributed by atoms with Crippen LogP contribution in [0.1, 0.15) is 131 Å². The van der Waals surface area contributed by atoms with Gasteiger partial charge >= 0.3 is 12.0 Å². The van der Waals surface area contributed by atoms with Gasteiger partial charge in [0.2, 0.25) is 41.6 Å². The number of carbonyl (C=O) groups is 9. The largest absolute Gasteiger partial charge is 0.508 e. The molecule has 20 N–H and O–H groups in total. The number of likely N-dealkylation sites (N-methyl/N-ethyl adjacent to an activating group) is 1. The summed E-state index contributed by atoms with van der Waals surface area (Å²) in [5.74, 6) is -19.3. The van der Waals surface area contributed by atoms with Crippen molar-refractivity contribution in [2.24, 2.45) is 29.2 Å². The first kappa shape index (κ1) is 85.6. The average Bonchev–Trinajstić information content (AvgIpc) is 0.766. The second-order valence-electron chi connectivity index (χ2n) is 29.6. The topological polar surface area (TPSA) is 537 Å². The van der Waals surface area contributed by atoms with Gasteiger partial charge in [-0.05, 0) is 141 Å². The third kappa shape index (κ3) is 19.5. The first-order valence-electron chi connectivity index (χ1n) is 37.1.